The molecule has 3 amide bonds. The molecule has 1 atom stereocenters. The molecule has 148 valence electrons. The number of hydrogen-bond donors (Lipinski definition) is 1. The predicted octanol–water partition coefficient (Wildman–Crippen LogP) is 2.17. The summed E-state index contributed by atoms with van der Waals surface area (Å²) in [5.41, 5.74) is -0.835. The molecule has 1 unspecified atom stereocenters. The van der Waals surface area contributed by atoms with Crippen LogP contribution >= 0.6 is 0 Å². The van der Waals surface area contributed by atoms with Crippen molar-refractivity contribution >= 4 is 17.9 Å². The number of amides is 3. The van der Waals surface area contributed by atoms with E-state index in [1.807, 2.05) is 41.5 Å². The summed E-state index contributed by atoms with van der Waals surface area (Å²) in [7, 11) is 0. The van der Waals surface area contributed by atoms with Crippen LogP contribution in [-0.2, 0) is 14.3 Å². The quantitative estimate of drug-likeness (QED) is 0.756. The molecular weight excluding hydrogens is 334 g/mol. The highest BCUT2D eigenvalue weighted by atomic mass is 16.6. The molecule has 0 aliphatic carbocycles. The van der Waals surface area contributed by atoms with E-state index in [1.54, 1.807) is 4.90 Å². The van der Waals surface area contributed by atoms with Crippen LogP contribution < -0.4 is 5.32 Å². The predicted molar refractivity (Wildman–Crippen MR) is 101 cm³/mol. The number of carbonyl (C=O) groups is 3. The van der Waals surface area contributed by atoms with Crippen LogP contribution in [0.2, 0.25) is 0 Å². The second-order valence-corrected chi connectivity index (χ2v) is 8.36. The molecule has 1 saturated heterocycles. The van der Waals surface area contributed by atoms with E-state index in [0.29, 0.717) is 26.1 Å². The van der Waals surface area contributed by atoms with Gasteiger partial charge in [0.05, 0.1) is 6.54 Å². The second kappa shape index (κ2) is 8.56. The van der Waals surface area contributed by atoms with E-state index in [4.69, 9.17) is 4.74 Å². The van der Waals surface area contributed by atoms with Gasteiger partial charge in [0.25, 0.3) is 0 Å². The number of nitrogens with one attached hydrogen (secondary N) is 1. The molecule has 1 heterocycles. The van der Waals surface area contributed by atoms with Crippen molar-refractivity contribution < 1.29 is 19.1 Å². The second-order valence-electron chi connectivity index (χ2n) is 8.36. The van der Waals surface area contributed by atoms with Gasteiger partial charge in [0.1, 0.15) is 5.60 Å². The topological polar surface area (TPSA) is 79.0 Å². The van der Waals surface area contributed by atoms with Crippen LogP contribution in [0.25, 0.3) is 0 Å². The van der Waals surface area contributed by atoms with Crippen LogP contribution in [0.3, 0.4) is 0 Å². The van der Waals surface area contributed by atoms with Crippen LogP contribution in [0.1, 0.15) is 48.0 Å². The van der Waals surface area contributed by atoms with E-state index in [1.165, 1.54) is 11.0 Å². The van der Waals surface area contributed by atoms with Crippen molar-refractivity contribution in [3.8, 4) is 0 Å². The minimum absolute atomic E-state index is 0.00368. The summed E-state index contributed by atoms with van der Waals surface area (Å²) >= 11 is 0. The normalized spacial score (nSPS) is 19.5. The average molecular weight is 367 g/mol. The van der Waals surface area contributed by atoms with Crippen molar-refractivity contribution in [1.29, 1.82) is 0 Å². The summed E-state index contributed by atoms with van der Waals surface area (Å²) in [6.45, 7) is 16.3. The van der Waals surface area contributed by atoms with Crippen molar-refractivity contribution in [3.05, 3.63) is 12.7 Å². The summed E-state index contributed by atoms with van der Waals surface area (Å²) < 4.78 is 5.44. The Balaban J connectivity index is 2.65. The number of carbonyl (C=O) groups excluding carboxylic acids is 3. The summed E-state index contributed by atoms with van der Waals surface area (Å²) in [6, 6.07) is -0.0776. The van der Waals surface area contributed by atoms with E-state index in [2.05, 4.69) is 11.9 Å². The molecule has 26 heavy (non-hydrogen) atoms. The molecule has 1 N–H and O–H groups in total. The fourth-order valence-electron chi connectivity index (χ4n) is 2.99. The minimum atomic E-state index is -0.534. The molecule has 1 fully saturated rings. The van der Waals surface area contributed by atoms with Crippen molar-refractivity contribution in [1.82, 2.24) is 15.1 Å². The highest BCUT2D eigenvalue weighted by Gasteiger charge is 2.39. The highest BCUT2D eigenvalue weighted by Crippen LogP contribution is 2.30. The third-order valence-corrected chi connectivity index (χ3v) is 4.42. The molecule has 0 aromatic carbocycles. The van der Waals surface area contributed by atoms with Crippen molar-refractivity contribution in [2.75, 3.05) is 26.2 Å². The first-order valence-corrected chi connectivity index (χ1v) is 9.08. The Morgan fingerprint density at radius 3 is 2.42 bits per heavy atom. The molecule has 0 spiro atoms. The molecule has 1 aliphatic rings. The molecule has 0 aromatic heterocycles. The zero-order valence-electron chi connectivity index (χ0n) is 16.9. The minimum Gasteiger partial charge on any atom is -0.444 e. The fraction of sp³-hybridized carbons (Fsp3) is 0.737. The van der Waals surface area contributed by atoms with E-state index in [9.17, 15) is 14.4 Å². The van der Waals surface area contributed by atoms with Gasteiger partial charge in [0.15, 0.2) is 0 Å². The standard InChI is InChI=1S/C19H33N3O4/c1-8-16(24)21(9-2)12-15(23)20-14-10-11-22(13-19(14,6)7)17(25)26-18(3,4)5/h8,14H,1,9-13H2,2-7H3,(H,20,23). The molecule has 0 bridgehead atoms. The average Bonchev–Trinajstić information content (AvgIpc) is 2.51. The largest absolute Gasteiger partial charge is 0.444 e. The number of likely N-dealkylation sites (N-methyl/N-ethyl adjacent to an activating group) is 1. The Morgan fingerprint density at radius 2 is 1.96 bits per heavy atom. The van der Waals surface area contributed by atoms with E-state index in [0.717, 1.165) is 0 Å². The van der Waals surface area contributed by atoms with Crippen molar-refractivity contribution in [2.24, 2.45) is 5.41 Å². The molecule has 0 radical (unpaired) electrons. The van der Waals surface area contributed by atoms with Gasteiger partial charge in [-0.1, -0.05) is 20.4 Å². The molecule has 7 nitrogen and oxygen atoms in total. The van der Waals surface area contributed by atoms with E-state index < -0.39 is 5.60 Å². The number of rotatable bonds is 5. The van der Waals surface area contributed by atoms with Crippen LogP contribution in [-0.4, -0.2) is 65.5 Å². The first kappa shape index (κ1) is 22.0. The summed E-state index contributed by atoms with van der Waals surface area (Å²) in [5.74, 6) is -0.465. The van der Waals surface area contributed by atoms with Gasteiger partial charge in [-0.2, -0.15) is 0 Å². The maximum absolute atomic E-state index is 12.3. The maximum atomic E-state index is 12.3. The van der Waals surface area contributed by atoms with Gasteiger partial charge in [-0.05, 0) is 40.2 Å². The number of ether oxygens (including phenoxy) is 1. The first-order chi connectivity index (χ1) is 11.9. The van der Waals surface area contributed by atoms with Crippen molar-refractivity contribution in [3.63, 3.8) is 0 Å². The van der Waals surface area contributed by atoms with Gasteiger partial charge in [-0.3, -0.25) is 9.59 Å². The number of likely N-dealkylation sites (tertiary alicyclic amines) is 1. The van der Waals surface area contributed by atoms with Gasteiger partial charge in [-0.25, -0.2) is 4.79 Å². The fourth-order valence-corrected chi connectivity index (χ4v) is 2.99. The molecule has 1 rings (SSSR count). The lowest BCUT2D eigenvalue weighted by molar-refractivity contribution is -0.133. The summed E-state index contributed by atoms with van der Waals surface area (Å²) in [5, 5.41) is 3.01. The van der Waals surface area contributed by atoms with Gasteiger partial charge >= 0.3 is 6.09 Å². The van der Waals surface area contributed by atoms with E-state index in [-0.39, 0.29) is 35.9 Å². The van der Waals surface area contributed by atoms with Crippen LogP contribution in [0.15, 0.2) is 12.7 Å². The lowest BCUT2D eigenvalue weighted by atomic mass is 9.79. The Kier molecular flexibility index (Phi) is 7.24. The SMILES string of the molecule is C=CC(=O)N(CC)CC(=O)NC1CCN(C(=O)OC(C)(C)C)CC1(C)C. The van der Waals surface area contributed by atoms with Gasteiger partial charge in [0, 0.05) is 31.1 Å². The van der Waals surface area contributed by atoms with Crippen LogP contribution in [0.4, 0.5) is 4.79 Å². The Morgan fingerprint density at radius 1 is 1.35 bits per heavy atom. The molecular formula is C19H33N3O4. The molecule has 0 aromatic rings. The Hall–Kier alpha value is -2.05. The third kappa shape index (κ3) is 6.35. The number of hydrogen-bond acceptors (Lipinski definition) is 4. The lowest BCUT2D eigenvalue weighted by Crippen LogP contribution is -2.58. The zero-order chi connectivity index (χ0) is 20.1. The third-order valence-electron chi connectivity index (χ3n) is 4.42. The van der Waals surface area contributed by atoms with Gasteiger partial charge < -0.3 is 19.9 Å². The Bertz CT molecular complexity index is 551. The van der Waals surface area contributed by atoms with Crippen molar-refractivity contribution in [2.45, 2.75) is 59.6 Å². The monoisotopic (exact) mass is 367 g/mol. The summed E-state index contributed by atoms with van der Waals surface area (Å²) in [6.07, 6.45) is 1.52. The first-order valence-electron chi connectivity index (χ1n) is 9.08. The molecule has 0 saturated carbocycles. The Labute approximate surface area is 156 Å². The highest BCUT2D eigenvalue weighted by molar-refractivity contribution is 5.90. The van der Waals surface area contributed by atoms with E-state index >= 15 is 0 Å². The lowest BCUT2D eigenvalue weighted by Gasteiger charge is -2.44. The number of piperidine rings is 1. The zero-order valence-corrected chi connectivity index (χ0v) is 16.9. The summed E-state index contributed by atoms with van der Waals surface area (Å²) in [4.78, 5) is 39.5. The smallest absolute Gasteiger partial charge is 0.410 e. The van der Waals surface area contributed by atoms with Crippen LogP contribution in [0.5, 0.6) is 0 Å². The maximum Gasteiger partial charge on any atom is 0.410 e. The molecule has 1 aliphatic heterocycles. The van der Waals surface area contributed by atoms with Gasteiger partial charge in [0.2, 0.25) is 11.8 Å². The van der Waals surface area contributed by atoms with Crippen LogP contribution in [0, 0.1) is 5.41 Å². The molecule has 7 heteroatoms. The van der Waals surface area contributed by atoms with Gasteiger partial charge in [-0.15, -0.1) is 0 Å². The number of nitrogens with zero attached hydrogens (tertiary/aromatic N) is 2.